The number of piperidine rings is 1. The molecule has 2 amide bonds. The molecule has 2 heterocycles. The molecule has 0 radical (unpaired) electrons. The van der Waals surface area contributed by atoms with Crippen LogP contribution in [0.4, 0.5) is 5.69 Å². The molecule has 6 nitrogen and oxygen atoms in total. The van der Waals surface area contributed by atoms with Crippen molar-refractivity contribution in [2.24, 2.45) is 17.3 Å². The van der Waals surface area contributed by atoms with Gasteiger partial charge in [-0.25, -0.2) is 9.59 Å². The average molecular weight is 486 g/mol. The number of thiophene rings is 1. The van der Waals surface area contributed by atoms with Crippen LogP contribution < -0.4 is 0 Å². The van der Waals surface area contributed by atoms with Gasteiger partial charge in [-0.2, -0.15) is 0 Å². The molecule has 7 heteroatoms. The standard InChI is InChI=1S/C27H36N2O4S/c1-17(2)28-15-7-8-21(25(28)31)29(24(30)19-11-9-18(3)10-12-19)22-16-20(13-14-27(4,5)6)34-23(22)26(32)33/h16-19H,7-12,15H2,1-6H3/p+1. The van der Waals surface area contributed by atoms with Crippen LogP contribution in [-0.4, -0.2) is 50.7 Å². The molecule has 184 valence electrons. The highest BCUT2D eigenvalue weighted by Crippen LogP contribution is 2.35. The number of carbonyl (C=O) groups is 3. The Labute approximate surface area is 207 Å². The van der Waals surface area contributed by atoms with Crippen LogP contribution in [0.1, 0.15) is 94.6 Å². The minimum Gasteiger partial charge on any atom is -0.477 e. The van der Waals surface area contributed by atoms with Gasteiger partial charge >= 0.3 is 17.8 Å². The van der Waals surface area contributed by atoms with Gasteiger partial charge in [-0.15, -0.1) is 15.9 Å². The summed E-state index contributed by atoms with van der Waals surface area (Å²) in [5.41, 5.74) is 0.431. The maximum atomic E-state index is 13.9. The van der Waals surface area contributed by atoms with Gasteiger partial charge in [0.25, 0.3) is 5.71 Å². The van der Waals surface area contributed by atoms with Crippen molar-refractivity contribution in [2.75, 3.05) is 6.54 Å². The fraction of sp³-hybridized carbons (Fsp3) is 0.630. The maximum absolute atomic E-state index is 13.9. The molecule has 0 aromatic carbocycles. The van der Waals surface area contributed by atoms with Crippen molar-refractivity contribution < 1.29 is 24.1 Å². The number of hydrogen-bond acceptors (Lipinski definition) is 4. The predicted molar refractivity (Wildman–Crippen MR) is 135 cm³/mol. The van der Waals surface area contributed by atoms with E-state index in [9.17, 15) is 19.5 Å². The second-order valence-electron chi connectivity index (χ2n) is 10.9. The SMILES string of the molecule is CC1CCC(C(=O)[N+](=C2CCCN(C(C)C)C2=O)c2cc(C#CC(C)(C)C)sc2C(=O)O)CC1. The highest BCUT2D eigenvalue weighted by atomic mass is 32.1. The molecule has 0 unspecified atom stereocenters. The first-order chi connectivity index (χ1) is 15.9. The molecule has 2 aliphatic rings. The third kappa shape index (κ3) is 5.96. The third-order valence-electron chi connectivity index (χ3n) is 6.51. The summed E-state index contributed by atoms with van der Waals surface area (Å²) in [6.45, 7) is 12.7. The van der Waals surface area contributed by atoms with E-state index < -0.39 is 5.97 Å². The molecule has 34 heavy (non-hydrogen) atoms. The summed E-state index contributed by atoms with van der Waals surface area (Å²) in [5, 5.41) is 10.0. The van der Waals surface area contributed by atoms with Crippen LogP contribution in [0, 0.1) is 29.1 Å². The van der Waals surface area contributed by atoms with Gasteiger partial charge in [-0.1, -0.05) is 18.8 Å². The van der Waals surface area contributed by atoms with Crippen molar-refractivity contribution in [3.8, 4) is 11.8 Å². The van der Waals surface area contributed by atoms with Gasteiger partial charge in [0.2, 0.25) is 5.69 Å². The first kappa shape index (κ1) is 26.2. The summed E-state index contributed by atoms with van der Waals surface area (Å²) in [5.74, 6) is 5.15. The minimum absolute atomic E-state index is 0.00455. The van der Waals surface area contributed by atoms with Crippen LogP contribution in [0.15, 0.2) is 6.07 Å². The van der Waals surface area contributed by atoms with Crippen LogP contribution in [0.5, 0.6) is 0 Å². The van der Waals surface area contributed by atoms with Crippen LogP contribution in [0.2, 0.25) is 0 Å². The summed E-state index contributed by atoms with van der Waals surface area (Å²) in [6.07, 6.45) is 4.64. The Balaban J connectivity index is 2.19. The normalized spacial score (nSPS) is 22.9. The number of carbonyl (C=O) groups excluding carboxylic acids is 2. The Kier molecular flexibility index (Phi) is 8.02. The van der Waals surface area contributed by atoms with Crippen molar-refractivity contribution in [1.82, 2.24) is 4.90 Å². The van der Waals surface area contributed by atoms with E-state index in [2.05, 4.69) is 18.8 Å². The highest BCUT2D eigenvalue weighted by molar-refractivity contribution is 7.15. The molecule has 1 aliphatic heterocycles. The Bertz CT molecular complexity index is 1060. The first-order valence-corrected chi connectivity index (χ1v) is 13.1. The van der Waals surface area contributed by atoms with Crippen LogP contribution >= 0.6 is 11.3 Å². The van der Waals surface area contributed by atoms with Crippen molar-refractivity contribution >= 4 is 40.5 Å². The predicted octanol–water partition coefficient (Wildman–Crippen LogP) is 5.31. The van der Waals surface area contributed by atoms with Gasteiger partial charge in [-0.05, 0) is 72.6 Å². The lowest BCUT2D eigenvalue weighted by Crippen LogP contribution is -2.49. The summed E-state index contributed by atoms with van der Waals surface area (Å²) in [4.78, 5) is 42.1. The lowest BCUT2D eigenvalue weighted by atomic mass is 9.82. The van der Waals surface area contributed by atoms with Crippen LogP contribution in [0.3, 0.4) is 0 Å². The zero-order chi connectivity index (χ0) is 25.2. The largest absolute Gasteiger partial charge is 0.477 e. The Morgan fingerprint density at radius 3 is 2.41 bits per heavy atom. The number of carboxylic acid groups (broad SMARTS) is 1. The van der Waals surface area contributed by atoms with Crippen molar-refractivity contribution in [2.45, 2.75) is 86.1 Å². The number of aromatic carboxylic acids is 1. The molecule has 1 N–H and O–H groups in total. The zero-order valence-corrected chi connectivity index (χ0v) is 22.1. The molecule has 1 saturated heterocycles. The Hall–Kier alpha value is -2.46. The number of nitrogens with zero attached hydrogens (tertiary/aromatic N) is 2. The van der Waals surface area contributed by atoms with Crippen LogP contribution in [-0.2, 0) is 9.59 Å². The number of amides is 2. The van der Waals surface area contributed by atoms with Crippen LogP contribution in [0.25, 0.3) is 0 Å². The van der Waals surface area contributed by atoms with E-state index in [4.69, 9.17) is 0 Å². The lowest BCUT2D eigenvalue weighted by Gasteiger charge is -2.30. The molecule has 0 spiro atoms. The topological polar surface area (TPSA) is 77.7 Å². The summed E-state index contributed by atoms with van der Waals surface area (Å²) >= 11 is 1.07. The smallest absolute Gasteiger partial charge is 0.396 e. The molecular weight excluding hydrogens is 448 g/mol. The summed E-state index contributed by atoms with van der Waals surface area (Å²) < 4.78 is 1.46. The number of carboxylic acids is 1. The van der Waals surface area contributed by atoms with E-state index in [1.807, 2.05) is 34.6 Å². The molecule has 3 rings (SSSR count). The number of likely N-dealkylation sites (tertiary alicyclic amines) is 1. The van der Waals surface area contributed by atoms with Gasteiger partial charge < -0.3 is 10.0 Å². The van der Waals surface area contributed by atoms with E-state index in [-0.39, 0.29) is 39.8 Å². The fourth-order valence-electron chi connectivity index (χ4n) is 4.59. The van der Waals surface area contributed by atoms with Gasteiger partial charge in [0, 0.05) is 30.5 Å². The van der Waals surface area contributed by atoms with Crippen molar-refractivity contribution in [3.05, 3.63) is 15.8 Å². The Morgan fingerprint density at radius 1 is 1.21 bits per heavy atom. The van der Waals surface area contributed by atoms with E-state index >= 15 is 0 Å². The monoisotopic (exact) mass is 485 g/mol. The van der Waals surface area contributed by atoms with Crippen molar-refractivity contribution in [3.63, 3.8) is 0 Å². The number of rotatable bonds is 4. The first-order valence-electron chi connectivity index (χ1n) is 12.3. The molecule has 1 saturated carbocycles. The quantitative estimate of drug-likeness (QED) is 0.463. The number of hydrogen-bond donors (Lipinski definition) is 1. The Morgan fingerprint density at radius 2 is 1.85 bits per heavy atom. The molecule has 0 atom stereocenters. The van der Waals surface area contributed by atoms with E-state index in [1.54, 1.807) is 11.0 Å². The lowest BCUT2D eigenvalue weighted by molar-refractivity contribution is -0.374. The van der Waals surface area contributed by atoms with E-state index in [0.717, 1.165) is 43.4 Å². The van der Waals surface area contributed by atoms with Gasteiger partial charge in [-0.3, -0.25) is 4.79 Å². The van der Waals surface area contributed by atoms with Gasteiger partial charge in [0.15, 0.2) is 4.88 Å². The van der Waals surface area contributed by atoms with Crippen molar-refractivity contribution in [1.29, 1.82) is 0 Å². The highest BCUT2D eigenvalue weighted by Gasteiger charge is 2.43. The minimum atomic E-state index is -1.11. The second kappa shape index (κ2) is 10.4. The van der Waals surface area contributed by atoms with Gasteiger partial charge in [0.05, 0.1) is 10.8 Å². The molecule has 1 aromatic rings. The molecule has 0 bridgehead atoms. The molecular formula is C27H37N2O4S+. The molecule has 2 fully saturated rings. The zero-order valence-electron chi connectivity index (χ0n) is 21.2. The average Bonchev–Trinajstić information content (AvgIpc) is 3.17. The van der Waals surface area contributed by atoms with E-state index in [0.29, 0.717) is 29.5 Å². The third-order valence-corrected chi connectivity index (χ3v) is 7.54. The summed E-state index contributed by atoms with van der Waals surface area (Å²) in [7, 11) is 0. The molecule has 1 aromatic heterocycles. The summed E-state index contributed by atoms with van der Waals surface area (Å²) in [6, 6.07) is 1.69. The fourth-order valence-corrected chi connectivity index (χ4v) is 5.42. The second-order valence-corrected chi connectivity index (χ2v) is 12.0. The van der Waals surface area contributed by atoms with E-state index in [1.165, 1.54) is 4.58 Å². The van der Waals surface area contributed by atoms with Gasteiger partial charge in [0.1, 0.15) is 0 Å². The maximum Gasteiger partial charge on any atom is 0.396 e. The molecule has 1 aliphatic carbocycles.